The first kappa shape index (κ1) is 22.4. The molecule has 0 atom stereocenters. The fourth-order valence-electron chi connectivity index (χ4n) is 2.32. The third-order valence-corrected chi connectivity index (χ3v) is 4.94. The number of carbonyl (C=O) groups is 2. The van der Waals surface area contributed by atoms with Crippen LogP contribution in [0.2, 0.25) is 0 Å². The maximum absolute atomic E-state index is 11.7. The van der Waals surface area contributed by atoms with Gasteiger partial charge in [0.15, 0.2) is 0 Å². The lowest BCUT2D eigenvalue weighted by Gasteiger charge is -2.02. The smallest absolute Gasteiger partial charge is 0.240 e. The SMILES string of the molecule is O=C(CCCSCCCC(=O)N/N=C/c1ccccc1)N/N=C\c1ccccc1. The van der Waals surface area contributed by atoms with E-state index in [1.165, 1.54) is 0 Å². The quantitative estimate of drug-likeness (QED) is 0.319. The predicted molar refractivity (Wildman–Crippen MR) is 120 cm³/mol. The minimum atomic E-state index is -0.0894. The Morgan fingerprint density at radius 1 is 0.724 bits per heavy atom. The summed E-state index contributed by atoms with van der Waals surface area (Å²) in [6.07, 6.45) is 5.70. The summed E-state index contributed by atoms with van der Waals surface area (Å²) in [4.78, 5) is 23.4. The van der Waals surface area contributed by atoms with Gasteiger partial charge < -0.3 is 0 Å². The molecule has 0 aliphatic carbocycles. The van der Waals surface area contributed by atoms with E-state index >= 15 is 0 Å². The average Bonchev–Trinajstić information content (AvgIpc) is 2.74. The number of hydrogen-bond donors (Lipinski definition) is 2. The number of nitrogens with one attached hydrogen (secondary N) is 2. The number of nitrogens with zero attached hydrogens (tertiary/aromatic N) is 2. The number of hydrogen-bond acceptors (Lipinski definition) is 5. The number of carbonyl (C=O) groups excluding carboxylic acids is 2. The van der Waals surface area contributed by atoms with Crippen LogP contribution in [0.15, 0.2) is 70.9 Å². The molecule has 0 aliphatic rings. The van der Waals surface area contributed by atoms with Crippen LogP contribution in [-0.4, -0.2) is 35.7 Å². The molecule has 2 amide bonds. The molecule has 0 spiro atoms. The third-order valence-electron chi connectivity index (χ3n) is 3.79. The molecule has 0 unspecified atom stereocenters. The number of benzene rings is 2. The molecule has 0 saturated heterocycles. The molecule has 2 aromatic carbocycles. The summed E-state index contributed by atoms with van der Waals surface area (Å²) < 4.78 is 0. The molecule has 0 heterocycles. The van der Waals surface area contributed by atoms with Crippen LogP contribution in [-0.2, 0) is 9.59 Å². The molecule has 0 bridgehead atoms. The van der Waals surface area contributed by atoms with Crippen molar-refractivity contribution in [2.75, 3.05) is 11.5 Å². The van der Waals surface area contributed by atoms with Crippen molar-refractivity contribution in [1.29, 1.82) is 0 Å². The molecule has 152 valence electrons. The fraction of sp³-hybridized carbons (Fsp3) is 0.273. The number of hydrazone groups is 2. The molecule has 7 heteroatoms. The van der Waals surface area contributed by atoms with Crippen LogP contribution < -0.4 is 10.9 Å². The summed E-state index contributed by atoms with van der Waals surface area (Å²) in [5.74, 6) is 1.58. The van der Waals surface area contributed by atoms with E-state index in [9.17, 15) is 9.59 Å². The zero-order valence-corrected chi connectivity index (χ0v) is 17.1. The van der Waals surface area contributed by atoms with Crippen molar-refractivity contribution in [1.82, 2.24) is 10.9 Å². The summed E-state index contributed by atoms with van der Waals surface area (Å²) in [7, 11) is 0. The topological polar surface area (TPSA) is 82.9 Å². The van der Waals surface area contributed by atoms with E-state index in [4.69, 9.17) is 0 Å². The lowest BCUT2D eigenvalue weighted by molar-refractivity contribution is -0.121. The molecule has 0 aliphatic heterocycles. The van der Waals surface area contributed by atoms with Crippen molar-refractivity contribution in [3.8, 4) is 0 Å². The van der Waals surface area contributed by atoms with Crippen molar-refractivity contribution in [2.24, 2.45) is 10.2 Å². The standard InChI is InChI=1S/C22H26N4O2S/c27-21(25-23-17-19-9-3-1-4-10-19)13-7-15-29-16-8-14-22(28)26-24-18-20-11-5-2-6-12-20/h1-6,9-12,17-18H,7-8,13-16H2,(H,25,27)(H,26,28)/b23-17-,24-18+. The Morgan fingerprint density at radius 3 is 1.55 bits per heavy atom. The van der Waals surface area contributed by atoms with Gasteiger partial charge in [0, 0.05) is 12.8 Å². The summed E-state index contributed by atoms with van der Waals surface area (Å²) in [5, 5.41) is 7.89. The highest BCUT2D eigenvalue weighted by Crippen LogP contribution is 2.08. The first-order valence-electron chi connectivity index (χ1n) is 9.56. The molecule has 2 rings (SSSR count). The average molecular weight is 411 g/mol. The van der Waals surface area contributed by atoms with Crippen LogP contribution in [0.3, 0.4) is 0 Å². The Labute approximate surface area is 175 Å². The maximum Gasteiger partial charge on any atom is 0.240 e. The molecule has 2 aromatic rings. The van der Waals surface area contributed by atoms with Gasteiger partial charge in [-0.1, -0.05) is 60.7 Å². The highest BCUT2D eigenvalue weighted by Gasteiger charge is 2.01. The first-order chi connectivity index (χ1) is 14.2. The van der Waals surface area contributed by atoms with E-state index in [1.54, 1.807) is 24.2 Å². The van der Waals surface area contributed by atoms with Gasteiger partial charge in [-0.25, -0.2) is 10.9 Å². The summed E-state index contributed by atoms with van der Waals surface area (Å²) in [5.41, 5.74) is 6.95. The number of thioether (sulfide) groups is 1. The molecule has 0 radical (unpaired) electrons. The molecule has 0 saturated carbocycles. The Balaban J connectivity index is 1.44. The molecule has 6 nitrogen and oxygen atoms in total. The van der Waals surface area contributed by atoms with Gasteiger partial charge in [-0.3, -0.25) is 9.59 Å². The summed E-state index contributed by atoms with van der Waals surface area (Å²) in [6, 6.07) is 19.2. The Hall–Kier alpha value is -2.93. The Morgan fingerprint density at radius 2 is 1.14 bits per heavy atom. The van der Waals surface area contributed by atoms with E-state index in [-0.39, 0.29) is 11.8 Å². The van der Waals surface area contributed by atoms with Crippen LogP contribution in [0, 0.1) is 0 Å². The number of amides is 2. The van der Waals surface area contributed by atoms with Gasteiger partial charge in [0.05, 0.1) is 12.4 Å². The lowest BCUT2D eigenvalue weighted by Crippen LogP contribution is -2.17. The largest absolute Gasteiger partial charge is 0.273 e. The Kier molecular flexibility index (Phi) is 10.9. The fourth-order valence-corrected chi connectivity index (χ4v) is 3.22. The Bertz CT molecular complexity index is 727. The monoisotopic (exact) mass is 410 g/mol. The van der Waals surface area contributed by atoms with E-state index in [2.05, 4.69) is 21.1 Å². The van der Waals surface area contributed by atoms with Crippen molar-refractivity contribution < 1.29 is 9.59 Å². The molecular formula is C22H26N4O2S. The minimum absolute atomic E-state index is 0.0894. The highest BCUT2D eigenvalue weighted by atomic mass is 32.2. The first-order valence-corrected chi connectivity index (χ1v) is 10.7. The normalized spacial score (nSPS) is 11.0. The van der Waals surface area contributed by atoms with Gasteiger partial charge in [-0.2, -0.15) is 22.0 Å². The molecule has 0 aromatic heterocycles. The van der Waals surface area contributed by atoms with E-state index in [0.29, 0.717) is 12.8 Å². The number of rotatable bonds is 12. The van der Waals surface area contributed by atoms with Crippen LogP contribution in [0.25, 0.3) is 0 Å². The van der Waals surface area contributed by atoms with Crippen LogP contribution >= 0.6 is 11.8 Å². The lowest BCUT2D eigenvalue weighted by atomic mass is 10.2. The second-order valence-electron chi connectivity index (χ2n) is 6.23. The third kappa shape index (κ3) is 10.8. The molecule has 2 N–H and O–H groups in total. The zero-order valence-electron chi connectivity index (χ0n) is 16.3. The summed E-state index contributed by atoms with van der Waals surface area (Å²) >= 11 is 1.74. The maximum atomic E-state index is 11.7. The minimum Gasteiger partial charge on any atom is -0.273 e. The zero-order chi connectivity index (χ0) is 20.6. The van der Waals surface area contributed by atoms with Crippen molar-refractivity contribution >= 4 is 36.0 Å². The van der Waals surface area contributed by atoms with Gasteiger partial charge in [0.1, 0.15) is 0 Å². The van der Waals surface area contributed by atoms with Crippen molar-refractivity contribution in [2.45, 2.75) is 25.7 Å². The molecule has 0 fully saturated rings. The van der Waals surface area contributed by atoms with E-state index < -0.39 is 0 Å². The second kappa shape index (κ2) is 14.1. The van der Waals surface area contributed by atoms with Gasteiger partial charge in [-0.05, 0) is 35.5 Å². The van der Waals surface area contributed by atoms with E-state index in [1.807, 2.05) is 60.7 Å². The van der Waals surface area contributed by atoms with Crippen LogP contribution in [0.5, 0.6) is 0 Å². The van der Waals surface area contributed by atoms with Gasteiger partial charge in [0.2, 0.25) is 11.8 Å². The predicted octanol–water partition coefficient (Wildman–Crippen LogP) is 3.58. The van der Waals surface area contributed by atoms with Gasteiger partial charge in [0.25, 0.3) is 0 Å². The van der Waals surface area contributed by atoms with E-state index in [0.717, 1.165) is 35.5 Å². The van der Waals surface area contributed by atoms with Gasteiger partial charge >= 0.3 is 0 Å². The van der Waals surface area contributed by atoms with Crippen LogP contribution in [0.4, 0.5) is 0 Å². The summed E-state index contributed by atoms with van der Waals surface area (Å²) in [6.45, 7) is 0. The van der Waals surface area contributed by atoms with Gasteiger partial charge in [-0.15, -0.1) is 0 Å². The molecular weight excluding hydrogens is 384 g/mol. The van der Waals surface area contributed by atoms with Crippen molar-refractivity contribution in [3.05, 3.63) is 71.8 Å². The van der Waals surface area contributed by atoms with Crippen molar-refractivity contribution in [3.63, 3.8) is 0 Å². The highest BCUT2D eigenvalue weighted by molar-refractivity contribution is 7.99. The van der Waals surface area contributed by atoms with Crippen LogP contribution in [0.1, 0.15) is 36.8 Å². The molecule has 29 heavy (non-hydrogen) atoms. The second-order valence-corrected chi connectivity index (χ2v) is 7.45.